The molecular formula is C12H16ClFN2. The number of likely N-dealkylation sites (N-methyl/N-ethyl adjacent to an activating group) is 1. The van der Waals surface area contributed by atoms with Crippen molar-refractivity contribution in [1.29, 1.82) is 0 Å². The van der Waals surface area contributed by atoms with Crippen LogP contribution in [0.2, 0.25) is 5.02 Å². The maximum Gasteiger partial charge on any atom is 0.123 e. The van der Waals surface area contributed by atoms with E-state index >= 15 is 0 Å². The van der Waals surface area contributed by atoms with E-state index in [9.17, 15) is 4.39 Å². The average molecular weight is 243 g/mol. The summed E-state index contributed by atoms with van der Waals surface area (Å²) in [5.74, 6) is 0.382. The van der Waals surface area contributed by atoms with E-state index in [4.69, 9.17) is 17.3 Å². The van der Waals surface area contributed by atoms with Crippen LogP contribution in [-0.4, -0.2) is 31.6 Å². The van der Waals surface area contributed by atoms with E-state index in [1.54, 1.807) is 6.07 Å². The van der Waals surface area contributed by atoms with Gasteiger partial charge >= 0.3 is 0 Å². The number of likely N-dealkylation sites (tertiary alicyclic amines) is 1. The minimum atomic E-state index is -0.232. The third kappa shape index (κ3) is 2.21. The van der Waals surface area contributed by atoms with Crippen molar-refractivity contribution in [3.05, 3.63) is 34.6 Å². The predicted molar refractivity (Wildman–Crippen MR) is 64.2 cm³/mol. The highest BCUT2D eigenvalue weighted by Crippen LogP contribution is 2.35. The fourth-order valence-corrected chi connectivity index (χ4v) is 2.73. The van der Waals surface area contributed by atoms with Gasteiger partial charge in [-0.3, -0.25) is 0 Å². The van der Waals surface area contributed by atoms with Crippen molar-refractivity contribution in [2.75, 3.05) is 26.7 Å². The van der Waals surface area contributed by atoms with Gasteiger partial charge < -0.3 is 10.6 Å². The van der Waals surface area contributed by atoms with Crippen LogP contribution in [0.15, 0.2) is 18.2 Å². The average Bonchev–Trinajstić information content (AvgIpc) is 2.63. The van der Waals surface area contributed by atoms with Crippen LogP contribution in [0.3, 0.4) is 0 Å². The second kappa shape index (κ2) is 4.70. The zero-order valence-electron chi connectivity index (χ0n) is 9.29. The van der Waals surface area contributed by atoms with Crippen LogP contribution >= 0.6 is 11.6 Å². The lowest BCUT2D eigenvalue weighted by atomic mass is 9.89. The van der Waals surface area contributed by atoms with Gasteiger partial charge in [0.15, 0.2) is 0 Å². The van der Waals surface area contributed by atoms with E-state index in [1.807, 2.05) is 0 Å². The van der Waals surface area contributed by atoms with Crippen LogP contribution < -0.4 is 5.73 Å². The Kier molecular flexibility index (Phi) is 3.47. The molecule has 0 radical (unpaired) electrons. The Balaban J connectivity index is 2.32. The minimum absolute atomic E-state index is 0.232. The number of nitrogens with zero attached hydrogens (tertiary/aromatic N) is 1. The highest BCUT2D eigenvalue weighted by molar-refractivity contribution is 6.31. The number of hydrogen-bond acceptors (Lipinski definition) is 2. The zero-order valence-corrected chi connectivity index (χ0v) is 10.0. The summed E-state index contributed by atoms with van der Waals surface area (Å²) in [5, 5.41) is 0.639. The second-order valence-electron chi connectivity index (χ2n) is 4.49. The summed E-state index contributed by atoms with van der Waals surface area (Å²) in [4.78, 5) is 2.21. The maximum atomic E-state index is 13.2. The number of benzene rings is 1. The summed E-state index contributed by atoms with van der Waals surface area (Å²) in [5.41, 5.74) is 6.64. The molecule has 0 saturated carbocycles. The van der Waals surface area contributed by atoms with Crippen molar-refractivity contribution in [3.63, 3.8) is 0 Å². The first-order valence-electron chi connectivity index (χ1n) is 5.45. The summed E-state index contributed by atoms with van der Waals surface area (Å²) in [6.07, 6.45) is 0. The molecule has 2 unspecified atom stereocenters. The third-order valence-corrected chi connectivity index (χ3v) is 3.63. The molecular weight excluding hydrogens is 227 g/mol. The highest BCUT2D eigenvalue weighted by atomic mass is 35.5. The van der Waals surface area contributed by atoms with Crippen molar-refractivity contribution in [1.82, 2.24) is 4.90 Å². The Morgan fingerprint density at radius 3 is 2.94 bits per heavy atom. The molecule has 4 heteroatoms. The summed E-state index contributed by atoms with van der Waals surface area (Å²) < 4.78 is 13.2. The van der Waals surface area contributed by atoms with Gasteiger partial charge in [0.2, 0.25) is 0 Å². The van der Waals surface area contributed by atoms with Gasteiger partial charge in [-0.2, -0.15) is 0 Å². The fraction of sp³-hybridized carbons (Fsp3) is 0.500. The molecule has 1 aromatic rings. The lowest BCUT2D eigenvalue weighted by Crippen LogP contribution is -2.21. The van der Waals surface area contributed by atoms with Crippen LogP contribution in [-0.2, 0) is 0 Å². The molecule has 2 N–H and O–H groups in total. The molecule has 0 aromatic heterocycles. The molecule has 1 saturated heterocycles. The van der Waals surface area contributed by atoms with Crippen LogP contribution in [0.25, 0.3) is 0 Å². The van der Waals surface area contributed by atoms with Gasteiger partial charge in [-0.05, 0) is 43.3 Å². The van der Waals surface area contributed by atoms with Gasteiger partial charge in [-0.15, -0.1) is 0 Å². The molecule has 1 aliphatic heterocycles. The molecule has 0 amide bonds. The van der Waals surface area contributed by atoms with Crippen molar-refractivity contribution in [3.8, 4) is 0 Å². The van der Waals surface area contributed by atoms with Crippen LogP contribution in [0.4, 0.5) is 4.39 Å². The summed E-state index contributed by atoms with van der Waals surface area (Å²) in [6, 6.07) is 4.55. The van der Waals surface area contributed by atoms with Gasteiger partial charge in [-0.1, -0.05) is 11.6 Å². The van der Waals surface area contributed by atoms with Crippen LogP contribution in [0, 0.1) is 11.7 Å². The molecule has 88 valence electrons. The molecule has 1 heterocycles. The smallest absolute Gasteiger partial charge is 0.123 e. The molecule has 16 heavy (non-hydrogen) atoms. The largest absolute Gasteiger partial charge is 0.330 e. The van der Waals surface area contributed by atoms with Crippen molar-refractivity contribution >= 4 is 11.6 Å². The quantitative estimate of drug-likeness (QED) is 0.861. The molecule has 2 atom stereocenters. The van der Waals surface area contributed by atoms with E-state index in [1.165, 1.54) is 12.1 Å². The van der Waals surface area contributed by atoms with Crippen molar-refractivity contribution in [2.45, 2.75) is 5.92 Å². The lowest BCUT2D eigenvalue weighted by Gasteiger charge is -2.18. The summed E-state index contributed by atoms with van der Waals surface area (Å²) >= 11 is 6.12. The van der Waals surface area contributed by atoms with Gasteiger partial charge in [0.1, 0.15) is 5.82 Å². The maximum absolute atomic E-state index is 13.2. The normalized spacial score (nSPS) is 26.2. The first kappa shape index (κ1) is 11.8. The first-order chi connectivity index (χ1) is 7.61. The Bertz CT molecular complexity index is 383. The zero-order chi connectivity index (χ0) is 11.7. The molecule has 0 aliphatic carbocycles. The Labute approximate surface area is 100 Å². The molecule has 1 aromatic carbocycles. The van der Waals surface area contributed by atoms with E-state index in [0.29, 0.717) is 17.5 Å². The highest BCUT2D eigenvalue weighted by Gasteiger charge is 2.32. The Morgan fingerprint density at radius 2 is 2.25 bits per heavy atom. The van der Waals surface area contributed by atoms with E-state index in [-0.39, 0.29) is 11.7 Å². The number of hydrogen-bond donors (Lipinski definition) is 1. The first-order valence-corrected chi connectivity index (χ1v) is 5.83. The van der Waals surface area contributed by atoms with E-state index < -0.39 is 0 Å². The van der Waals surface area contributed by atoms with Gasteiger partial charge in [0.25, 0.3) is 0 Å². The molecule has 1 fully saturated rings. The van der Waals surface area contributed by atoms with Crippen molar-refractivity contribution in [2.24, 2.45) is 11.7 Å². The molecule has 2 nitrogen and oxygen atoms in total. The predicted octanol–water partition coefficient (Wildman–Crippen LogP) is 2.08. The van der Waals surface area contributed by atoms with E-state index in [2.05, 4.69) is 11.9 Å². The lowest BCUT2D eigenvalue weighted by molar-refractivity contribution is 0.397. The van der Waals surface area contributed by atoms with Gasteiger partial charge in [0.05, 0.1) is 0 Å². The fourth-order valence-electron chi connectivity index (χ4n) is 2.48. The van der Waals surface area contributed by atoms with Crippen LogP contribution in [0.1, 0.15) is 11.5 Å². The molecule has 2 rings (SSSR count). The van der Waals surface area contributed by atoms with Crippen LogP contribution in [0.5, 0.6) is 0 Å². The molecule has 0 bridgehead atoms. The number of rotatable bonds is 2. The molecule has 0 spiro atoms. The molecule has 1 aliphatic rings. The third-order valence-electron chi connectivity index (χ3n) is 3.28. The Morgan fingerprint density at radius 1 is 1.50 bits per heavy atom. The topological polar surface area (TPSA) is 29.3 Å². The van der Waals surface area contributed by atoms with Crippen molar-refractivity contribution < 1.29 is 4.39 Å². The number of halogens is 2. The standard InChI is InChI=1S/C12H16ClFN2/c1-16-6-8(5-15)11(7-16)10-4-9(14)2-3-12(10)13/h2-4,8,11H,5-7,15H2,1H3. The van der Waals surface area contributed by atoms with Gasteiger partial charge in [0, 0.05) is 24.0 Å². The number of nitrogens with two attached hydrogens (primary N) is 1. The van der Waals surface area contributed by atoms with E-state index in [0.717, 1.165) is 18.7 Å². The Hall–Kier alpha value is -0.640. The summed E-state index contributed by atoms with van der Waals surface area (Å²) in [7, 11) is 2.05. The minimum Gasteiger partial charge on any atom is -0.330 e. The monoisotopic (exact) mass is 242 g/mol. The SMILES string of the molecule is CN1CC(CN)C(c2cc(F)ccc2Cl)C1. The summed E-state index contributed by atoms with van der Waals surface area (Å²) in [6.45, 7) is 2.46. The second-order valence-corrected chi connectivity index (χ2v) is 4.90. The van der Waals surface area contributed by atoms with Gasteiger partial charge in [-0.25, -0.2) is 4.39 Å².